The van der Waals surface area contributed by atoms with Gasteiger partial charge in [-0.05, 0) is 56.8 Å². The van der Waals surface area contributed by atoms with Crippen molar-refractivity contribution in [1.82, 2.24) is 24.8 Å². The van der Waals surface area contributed by atoms with Crippen LogP contribution in [0, 0.1) is 13.8 Å². The van der Waals surface area contributed by atoms with Gasteiger partial charge in [0.05, 0.1) is 0 Å². The Kier molecular flexibility index (Phi) is 4.24. The Balaban J connectivity index is 1.78. The summed E-state index contributed by atoms with van der Waals surface area (Å²) in [6.45, 7) is 11.5. The van der Waals surface area contributed by atoms with E-state index >= 15 is 0 Å². The summed E-state index contributed by atoms with van der Waals surface area (Å²) in [5, 5.41) is 1.24. The number of pyridine rings is 1. The van der Waals surface area contributed by atoms with Crippen molar-refractivity contribution in [3.8, 4) is 11.3 Å². The second-order valence-electron chi connectivity index (χ2n) is 6.90. The van der Waals surface area contributed by atoms with Crippen LogP contribution in [-0.4, -0.2) is 37.9 Å². The second-order valence-corrected chi connectivity index (χ2v) is 6.90. The summed E-state index contributed by atoms with van der Waals surface area (Å²) in [5.41, 5.74) is 7.43. The lowest BCUT2D eigenvalue weighted by atomic mass is 10.1. The lowest BCUT2D eigenvalue weighted by molar-refractivity contribution is 0.296. The van der Waals surface area contributed by atoms with Crippen LogP contribution in [0.2, 0.25) is 0 Å². The number of aryl methyl sites for hydroxylation is 2. The second kappa shape index (κ2) is 6.57. The van der Waals surface area contributed by atoms with Gasteiger partial charge in [-0.3, -0.25) is 4.90 Å². The first-order valence-corrected chi connectivity index (χ1v) is 9.25. The van der Waals surface area contributed by atoms with Gasteiger partial charge in [0.2, 0.25) is 0 Å². The fourth-order valence-corrected chi connectivity index (χ4v) is 3.57. The molecule has 0 spiro atoms. The number of nitrogens with zero attached hydrogens (tertiary/aromatic N) is 3. The highest BCUT2D eigenvalue weighted by Crippen LogP contribution is 2.30. The van der Waals surface area contributed by atoms with E-state index in [0.717, 1.165) is 59.1 Å². The molecule has 4 rings (SSSR count). The van der Waals surface area contributed by atoms with Gasteiger partial charge < -0.3 is 9.97 Å². The van der Waals surface area contributed by atoms with Crippen LogP contribution in [0.3, 0.4) is 0 Å². The van der Waals surface area contributed by atoms with Crippen molar-refractivity contribution in [1.29, 1.82) is 0 Å². The number of hydrogen-bond donors (Lipinski definition) is 2. The zero-order valence-corrected chi connectivity index (χ0v) is 15.8. The van der Waals surface area contributed by atoms with E-state index in [-0.39, 0.29) is 0 Å². The maximum atomic E-state index is 4.64. The topological polar surface area (TPSA) is 60.6 Å². The van der Waals surface area contributed by atoms with E-state index in [1.165, 1.54) is 10.9 Å². The number of hydrogen-bond acceptors (Lipinski definition) is 3. The summed E-state index contributed by atoms with van der Waals surface area (Å²) in [5.74, 6) is 0.886. The Labute approximate surface area is 153 Å². The highest BCUT2D eigenvalue weighted by molar-refractivity contribution is 5.94. The predicted octanol–water partition coefficient (Wildman–Crippen LogP) is 4.56. The van der Waals surface area contributed by atoms with Crippen molar-refractivity contribution in [2.24, 2.45) is 0 Å². The van der Waals surface area contributed by atoms with Gasteiger partial charge >= 0.3 is 0 Å². The largest absolute Gasteiger partial charge is 0.354 e. The standard InChI is InChI=1S/C21H25N5/c1-5-26(6-2)12-15-7-8-18-16(10-15)11-19(25-18)17-9-13(3)22-21-20(17)23-14(4)24-21/h7-11,25H,5-6,12H2,1-4H3,(H,22,23,24). The SMILES string of the molecule is CCN(CC)Cc1ccc2[nH]c(-c3cc(C)nc4[nH]c(C)nc34)cc2c1. The van der Waals surface area contributed by atoms with Gasteiger partial charge in [-0.2, -0.15) is 0 Å². The summed E-state index contributed by atoms with van der Waals surface area (Å²) in [6, 6.07) is 11.0. The van der Waals surface area contributed by atoms with Gasteiger partial charge in [-0.1, -0.05) is 19.9 Å². The monoisotopic (exact) mass is 347 g/mol. The number of nitrogens with one attached hydrogen (secondary N) is 2. The molecule has 26 heavy (non-hydrogen) atoms. The van der Waals surface area contributed by atoms with Gasteiger partial charge in [-0.25, -0.2) is 9.97 Å². The van der Waals surface area contributed by atoms with Crippen LogP contribution in [0.4, 0.5) is 0 Å². The van der Waals surface area contributed by atoms with E-state index < -0.39 is 0 Å². The van der Waals surface area contributed by atoms with Crippen LogP contribution in [0.1, 0.15) is 30.9 Å². The lowest BCUT2D eigenvalue weighted by Gasteiger charge is -2.17. The Morgan fingerprint density at radius 3 is 2.54 bits per heavy atom. The van der Waals surface area contributed by atoms with E-state index in [0.29, 0.717) is 0 Å². The third kappa shape index (κ3) is 2.99. The van der Waals surface area contributed by atoms with Crippen molar-refractivity contribution >= 4 is 22.1 Å². The van der Waals surface area contributed by atoms with Crippen molar-refractivity contribution in [2.45, 2.75) is 34.2 Å². The minimum Gasteiger partial charge on any atom is -0.354 e. The van der Waals surface area contributed by atoms with Crippen LogP contribution in [0.5, 0.6) is 0 Å². The highest BCUT2D eigenvalue weighted by Gasteiger charge is 2.13. The van der Waals surface area contributed by atoms with E-state index in [2.05, 4.69) is 69.0 Å². The van der Waals surface area contributed by atoms with Gasteiger partial charge in [-0.15, -0.1) is 0 Å². The maximum Gasteiger partial charge on any atom is 0.158 e. The van der Waals surface area contributed by atoms with Crippen LogP contribution >= 0.6 is 0 Å². The number of aromatic amines is 2. The molecule has 5 heteroatoms. The predicted molar refractivity (Wildman–Crippen MR) is 107 cm³/mol. The minimum atomic E-state index is 0.846. The number of H-pyrrole nitrogens is 2. The quantitative estimate of drug-likeness (QED) is 0.556. The van der Waals surface area contributed by atoms with Gasteiger partial charge in [0.1, 0.15) is 11.3 Å². The van der Waals surface area contributed by atoms with E-state index in [4.69, 9.17) is 0 Å². The molecule has 0 aliphatic carbocycles. The third-order valence-corrected chi connectivity index (χ3v) is 4.98. The number of rotatable bonds is 5. The molecule has 1 aromatic carbocycles. The molecule has 0 aliphatic rings. The number of aromatic nitrogens is 4. The first kappa shape index (κ1) is 16.8. The van der Waals surface area contributed by atoms with Gasteiger partial charge in [0, 0.05) is 34.4 Å². The highest BCUT2D eigenvalue weighted by atomic mass is 15.1. The zero-order chi connectivity index (χ0) is 18.3. The molecule has 0 fully saturated rings. The molecule has 0 atom stereocenters. The molecule has 4 aromatic rings. The molecule has 0 saturated heterocycles. The Morgan fingerprint density at radius 2 is 1.77 bits per heavy atom. The van der Waals surface area contributed by atoms with Crippen LogP contribution < -0.4 is 0 Å². The number of fused-ring (bicyclic) bond motifs is 2. The van der Waals surface area contributed by atoms with Crippen molar-refractivity contribution in [3.05, 3.63) is 47.4 Å². The lowest BCUT2D eigenvalue weighted by Crippen LogP contribution is -2.21. The first-order valence-electron chi connectivity index (χ1n) is 9.25. The molecule has 0 saturated carbocycles. The summed E-state index contributed by atoms with van der Waals surface area (Å²) in [4.78, 5) is 18.4. The molecule has 2 N–H and O–H groups in total. The molecule has 3 aromatic heterocycles. The Hall–Kier alpha value is -2.66. The minimum absolute atomic E-state index is 0.846. The normalized spacial score (nSPS) is 11.9. The molecule has 134 valence electrons. The molecule has 0 unspecified atom stereocenters. The summed E-state index contributed by atoms with van der Waals surface area (Å²) in [7, 11) is 0. The Morgan fingerprint density at radius 1 is 0.962 bits per heavy atom. The molecule has 3 heterocycles. The smallest absolute Gasteiger partial charge is 0.158 e. The van der Waals surface area contributed by atoms with E-state index in [9.17, 15) is 0 Å². The van der Waals surface area contributed by atoms with Crippen LogP contribution in [0.25, 0.3) is 33.3 Å². The molecule has 0 amide bonds. The first-order chi connectivity index (χ1) is 12.6. The van der Waals surface area contributed by atoms with E-state index in [1.807, 2.05) is 13.8 Å². The fraction of sp³-hybridized carbons (Fsp3) is 0.333. The molecular weight excluding hydrogens is 322 g/mol. The van der Waals surface area contributed by atoms with Crippen molar-refractivity contribution in [2.75, 3.05) is 13.1 Å². The number of imidazole rings is 1. The molecular formula is C21H25N5. The van der Waals surface area contributed by atoms with Crippen molar-refractivity contribution < 1.29 is 0 Å². The number of benzene rings is 1. The summed E-state index contributed by atoms with van der Waals surface area (Å²) in [6.07, 6.45) is 0. The average molecular weight is 347 g/mol. The molecule has 0 aliphatic heterocycles. The van der Waals surface area contributed by atoms with Crippen LogP contribution in [0.15, 0.2) is 30.3 Å². The molecule has 0 bridgehead atoms. The maximum absolute atomic E-state index is 4.64. The summed E-state index contributed by atoms with van der Waals surface area (Å²) >= 11 is 0. The summed E-state index contributed by atoms with van der Waals surface area (Å²) < 4.78 is 0. The van der Waals surface area contributed by atoms with E-state index in [1.54, 1.807) is 0 Å². The van der Waals surface area contributed by atoms with Gasteiger partial charge in [0.25, 0.3) is 0 Å². The average Bonchev–Trinajstić information content (AvgIpc) is 3.20. The third-order valence-electron chi connectivity index (χ3n) is 4.98. The molecule has 0 radical (unpaired) electrons. The molecule has 5 nitrogen and oxygen atoms in total. The van der Waals surface area contributed by atoms with Crippen molar-refractivity contribution in [3.63, 3.8) is 0 Å². The Bertz CT molecular complexity index is 1070. The zero-order valence-electron chi connectivity index (χ0n) is 15.8. The van der Waals surface area contributed by atoms with Gasteiger partial charge in [0.15, 0.2) is 5.65 Å². The van der Waals surface area contributed by atoms with Crippen LogP contribution in [-0.2, 0) is 6.54 Å². The fourth-order valence-electron chi connectivity index (χ4n) is 3.57.